The SMILES string of the molecule is CC(c1ccc(C(=O)N2CCC(C(=O)O)CC2)s1)c1c[nH]c2nc(N)[nH]c(=O)c12. The summed E-state index contributed by atoms with van der Waals surface area (Å²) in [5, 5.41) is 9.57. The molecule has 1 atom stereocenters. The number of carboxylic acid groups (broad SMARTS) is 1. The summed E-state index contributed by atoms with van der Waals surface area (Å²) in [4.78, 5) is 49.1. The van der Waals surface area contributed by atoms with Gasteiger partial charge in [-0.1, -0.05) is 6.92 Å². The maximum atomic E-state index is 12.8. The van der Waals surface area contributed by atoms with Crippen molar-refractivity contribution in [3.8, 4) is 0 Å². The van der Waals surface area contributed by atoms with Crippen molar-refractivity contribution >= 4 is 40.2 Å². The van der Waals surface area contributed by atoms with Crippen LogP contribution in [0.25, 0.3) is 11.0 Å². The molecule has 152 valence electrons. The molecule has 0 bridgehead atoms. The molecule has 4 rings (SSSR count). The van der Waals surface area contributed by atoms with Crippen molar-refractivity contribution in [2.75, 3.05) is 18.8 Å². The zero-order chi connectivity index (χ0) is 20.7. The molecule has 0 aromatic carbocycles. The van der Waals surface area contributed by atoms with Gasteiger partial charge in [0.2, 0.25) is 5.95 Å². The van der Waals surface area contributed by atoms with Gasteiger partial charge in [0.05, 0.1) is 16.2 Å². The summed E-state index contributed by atoms with van der Waals surface area (Å²) in [6.45, 7) is 2.86. The molecule has 0 radical (unpaired) electrons. The van der Waals surface area contributed by atoms with Crippen molar-refractivity contribution in [2.45, 2.75) is 25.7 Å². The molecule has 1 saturated heterocycles. The largest absolute Gasteiger partial charge is 0.481 e. The lowest BCUT2D eigenvalue weighted by molar-refractivity contribution is -0.143. The van der Waals surface area contributed by atoms with Gasteiger partial charge in [0.1, 0.15) is 5.65 Å². The first kappa shape index (κ1) is 19.2. The minimum absolute atomic E-state index is 0.0548. The standard InChI is InChI=1S/C19H21N5O4S/c1-9(11-8-21-15-14(11)16(25)23-19(20)22-15)12-2-3-13(29-12)17(26)24-6-4-10(5-7-24)18(27)28/h2-3,8-10H,4-7H2,1H3,(H,27,28)(H4,20,21,22,23,25). The van der Waals surface area contributed by atoms with Crippen molar-refractivity contribution in [1.29, 1.82) is 0 Å². The zero-order valence-electron chi connectivity index (χ0n) is 15.8. The van der Waals surface area contributed by atoms with Gasteiger partial charge in [-0.2, -0.15) is 4.98 Å². The summed E-state index contributed by atoms with van der Waals surface area (Å²) < 4.78 is 0. The number of hydrogen-bond donors (Lipinski definition) is 4. The van der Waals surface area contributed by atoms with E-state index in [-0.39, 0.29) is 29.3 Å². The van der Waals surface area contributed by atoms with E-state index in [1.165, 1.54) is 11.3 Å². The third-order valence-corrected chi connectivity index (χ3v) is 6.71. The molecule has 1 aliphatic heterocycles. The molecule has 3 aromatic heterocycles. The first-order valence-corrected chi connectivity index (χ1v) is 10.2. The molecule has 1 aliphatic rings. The minimum Gasteiger partial charge on any atom is -0.481 e. The van der Waals surface area contributed by atoms with Crippen molar-refractivity contribution in [1.82, 2.24) is 19.9 Å². The Kier molecular flexibility index (Phi) is 4.87. The van der Waals surface area contributed by atoms with Gasteiger partial charge in [0.25, 0.3) is 11.5 Å². The number of fused-ring (bicyclic) bond motifs is 1. The summed E-state index contributed by atoms with van der Waals surface area (Å²) in [6.07, 6.45) is 2.70. The van der Waals surface area contributed by atoms with Gasteiger partial charge in [-0.25, -0.2) is 0 Å². The monoisotopic (exact) mass is 415 g/mol. The average molecular weight is 415 g/mol. The Bertz CT molecular complexity index is 1140. The summed E-state index contributed by atoms with van der Waals surface area (Å²) in [7, 11) is 0. The molecule has 5 N–H and O–H groups in total. The number of likely N-dealkylation sites (tertiary alicyclic amines) is 1. The van der Waals surface area contributed by atoms with Crippen LogP contribution in [0.1, 0.15) is 45.8 Å². The van der Waals surface area contributed by atoms with Crippen molar-refractivity contribution in [3.05, 3.63) is 44.0 Å². The number of thiophene rings is 1. The average Bonchev–Trinajstić information content (AvgIpc) is 3.34. The highest BCUT2D eigenvalue weighted by molar-refractivity contribution is 7.14. The number of amides is 1. The topological polar surface area (TPSA) is 145 Å². The van der Waals surface area contributed by atoms with E-state index in [1.54, 1.807) is 17.2 Å². The number of carbonyl (C=O) groups is 2. The predicted molar refractivity (Wildman–Crippen MR) is 109 cm³/mol. The molecule has 9 nitrogen and oxygen atoms in total. The van der Waals surface area contributed by atoms with Crippen LogP contribution in [0.15, 0.2) is 23.1 Å². The molecule has 10 heteroatoms. The first-order valence-electron chi connectivity index (χ1n) is 9.33. The summed E-state index contributed by atoms with van der Waals surface area (Å²) >= 11 is 1.39. The highest BCUT2D eigenvalue weighted by atomic mass is 32.1. The first-order chi connectivity index (χ1) is 13.8. The predicted octanol–water partition coefficient (Wildman–Crippen LogP) is 1.98. The Morgan fingerprint density at radius 3 is 2.76 bits per heavy atom. The Morgan fingerprint density at radius 2 is 2.07 bits per heavy atom. The molecule has 3 aromatic rings. The van der Waals surface area contributed by atoms with Crippen LogP contribution < -0.4 is 11.3 Å². The van der Waals surface area contributed by atoms with E-state index in [1.807, 2.05) is 13.0 Å². The molecular weight excluding hydrogens is 394 g/mol. The number of piperidine rings is 1. The van der Waals surface area contributed by atoms with E-state index in [2.05, 4.69) is 15.0 Å². The van der Waals surface area contributed by atoms with E-state index < -0.39 is 5.97 Å². The minimum atomic E-state index is -0.797. The fourth-order valence-corrected chi connectivity index (χ4v) is 4.81. The van der Waals surface area contributed by atoms with Crippen LogP contribution >= 0.6 is 11.3 Å². The molecule has 29 heavy (non-hydrogen) atoms. The molecule has 0 saturated carbocycles. The highest BCUT2D eigenvalue weighted by Gasteiger charge is 2.28. The van der Waals surface area contributed by atoms with Crippen LogP contribution in [0, 0.1) is 5.92 Å². The number of nitrogen functional groups attached to an aromatic ring is 1. The van der Waals surface area contributed by atoms with E-state index in [0.717, 1.165) is 10.4 Å². The van der Waals surface area contributed by atoms with Crippen LogP contribution in [-0.4, -0.2) is 49.9 Å². The van der Waals surface area contributed by atoms with Crippen molar-refractivity contribution < 1.29 is 14.7 Å². The highest BCUT2D eigenvalue weighted by Crippen LogP contribution is 2.33. The lowest BCUT2D eigenvalue weighted by atomic mass is 9.97. The van der Waals surface area contributed by atoms with Crippen molar-refractivity contribution in [2.24, 2.45) is 5.92 Å². The molecule has 1 unspecified atom stereocenters. The lowest BCUT2D eigenvalue weighted by Gasteiger charge is -2.29. The van der Waals surface area contributed by atoms with Gasteiger partial charge in [0, 0.05) is 30.1 Å². The normalized spacial score (nSPS) is 16.2. The number of hydrogen-bond acceptors (Lipinski definition) is 6. The number of carboxylic acids is 1. The summed E-state index contributed by atoms with van der Waals surface area (Å²) in [5.41, 5.74) is 6.51. The number of aromatic amines is 2. The quantitative estimate of drug-likeness (QED) is 0.513. The molecule has 4 heterocycles. The van der Waals surface area contributed by atoms with Crippen LogP contribution in [0.4, 0.5) is 5.95 Å². The Hall–Kier alpha value is -3.14. The van der Waals surface area contributed by atoms with Crippen LogP contribution in [-0.2, 0) is 4.79 Å². The number of H-pyrrole nitrogens is 2. The Balaban J connectivity index is 1.54. The molecule has 1 fully saturated rings. The second kappa shape index (κ2) is 7.36. The third-order valence-electron chi connectivity index (χ3n) is 5.45. The number of carbonyl (C=O) groups excluding carboxylic acids is 1. The van der Waals surface area contributed by atoms with Gasteiger partial charge < -0.3 is 20.7 Å². The number of nitrogens with zero attached hydrogens (tertiary/aromatic N) is 2. The summed E-state index contributed by atoms with van der Waals surface area (Å²) in [5.74, 6) is -1.31. The number of aromatic nitrogens is 3. The van der Waals surface area contributed by atoms with Crippen LogP contribution in [0.5, 0.6) is 0 Å². The van der Waals surface area contributed by atoms with Gasteiger partial charge in [-0.3, -0.25) is 19.4 Å². The zero-order valence-corrected chi connectivity index (χ0v) is 16.6. The number of aliphatic carboxylic acids is 1. The molecule has 0 spiro atoms. The fourth-order valence-electron chi connectivity index (χ4n) is 3.76. The van der Waals surface area contributed by atoms with E-state index >= 15 is 0 Å². The number of rotatable bonds is 4. The maximum Gasteiger partial charge on any atom is 0.306 e. The van der Waals surface area contributed by atoms with Crippen LogP contribution in [0.3, 0.4) is 0 Å². The lowest BCUT2D eigenvalue weighted by Crippen LogP contribution is -2.39. The second-order valence-corrected chi connectivity index (χ2v) is 8.36. The summed E-state index contributed by atoms with van der Waals surface area (Å²) in [6, 6.07) is 3.68. The Morgan fingerprint density at radius 1 is 1.34 bits per heavy atom. The molecule has 0 aliphatic carbocycles. The third kappa shape index (κ3) is 3.51. The Labute approximate surface area is 169 Å². The second-order valence-electron chi connectivity index (χ2n) is 7.25. The van der Waals surface area contributed by atoms with E-state index in [9.17, 15) is 14.4 Å². The van der Waals surface area contributed by atoms with E-state index in [0.29, 0.717) is 41.8 Å². The molecule has 1 amide bonds. The van der Waals surface area contributed by atoms with Crippen molar-refractivity contribution in [3.63, 3.8) is 0 Å². The maximum absolute atomic E-state index is 12.8. The van der Waals surface area contributed by atoms with Gasteiger partial charge in [-0.15, -0.1) is 11.3 Å². The van der Waals surface area contributed by atoms with Gasteiger partial charge in [0.15, 0.2) is 0 Å². The van der Waals surface area contributed by atoms with Crippen LogP contribution in [0.2, 0.25) is 0 Å². The molecular formula is C19H21N5O4S. The van der Waals surface area contributed by atoms with E-state index in [4.69, 9.17) is 10.8 Å². The fraction of sp³-hybridized carbons (Fsp3) is 0.368. The number of anilines is 1. The van der Waals surface area contributed by atoms with Gasteiger partial charge in [-0.05, 0) is 30.5 Å². The number of nitrogens with one attached hydrogen (secondary N) is 2. The number of nitrogens with two attached hydrogens (primary N) is 1. The smallest absolute Gasteiger partial charge is 0.306 e. The van der Waals surface area contributed by atoms with Gasteiger partial charge >= 0.3 is 5.97 Å².